The third kappa shape index (κ3) is 6.23. The molecule has 6 heteroatoms. The summed E-state index contributed by atoms with van der Waals surface area (Å²) in [7, 11) is 0. The van der Waals surface area contributed by atoms with Gasteiger partial charge in [-0.2, -0.15) is 0 Å². The number of nitrogens with one attached hydrogen (secondary N) is 1. The predicted molar refractivity (Wildman–Crippen MR) is 117 cm³/mol. The Morgan fingerprint density at radius 3 is 2.32 bits per heavy atom. The molecule has 1 aliphatic rings. The molecule has 1 N–H and O–H groups in total. The lowest BCUT2D eigenvalue weighted by Crippen LogP contribution is -2.43. The largest absolute Gasteiger partial charge is 0.352 e. The first-order valence-electron chi connectivity index (χ1n) is 10.7. The minimum Gasteiger partial charge on any atom is -0.352 e. The highest BCUT2D eigenvalue weighted by atomic mass is 19.1. The Kier molecular flexibility index (Phi) is 7.55. The number of carbonyl (C=O) groups excluding carboxylic acids is 3. The SMILES string of the molecule is Cc1ccc(C(=O)CCC(=O)N2CCC(C(=O)NCc3ccc(C)c(F)c3)CC2)cc1. The molecular formula is C25H29FN2O3. The van der Waals surface area contributed by atoms with Crippen LogP contribution < -0.4 is 5.32 Å². The van der Waals surface area contributed by atoms with Crippen molar-refractivity contribution in [1.82, 2.24) is 10.2 Å². The summed E-state index contributed by atoms with van der Waals surface area (Å²) >= 11 is 0. The number of hydrogen-bond donors (Lipinski definition) is 1. The molecule has 0 aliphatic carbocycles. The number of piperidine rings is 1. The number of aryl methyl sites for hydroxylation is 2. The summed E-state index contributed by atoms with van der Waals surface area (Å²) in [5.41, 5.74) is 3.02. The molecule has 1 saturated heterocycles. The van der Waals surface area contributed by atoms with Crippen LogP contribution in [-0.4, -0.2) is 35.6 Å². The molecule has 0 bridgehead atoms. The topological polar surface area (TPSA) is 66.5 Å². The van der Waals surface area contributed by atoms with Gasteiger partial charge in [-0.3, -0.25) is 14.4 Å². The lowest BCUT2D eigenvalue weighted by molar-refractivity contribution is -0.135. The van der Waals surface area contributed by atoms with Crippen LogP contribution in [0, 0.1) is 25.6 Å². The minimum absolute atomic E-state index is 0.0323. The van der Waals surface area contributed by atoms with Crippen molar-refractivity contribution in [2.75, 3.05) is 13.1 Å². The lowest BCUT2D eigenvalue weighted by atomic mass is 9.95. The Morgan fingerprint density at radius 1 is 1.00 bits per heavy atom. The fourth-order valence-electron chi connectivity index (χ4n) is 3.73. The second-order valence-corrected chi connectivity index (χ2v) is 8.25. The molecule has 1 aliphatic heterocycles. The van der Waals surface area contributed by atoms with E-state index in [1.807, 2.05) is 19.1 Å². The van der Waals surface area contributed by atoms with E-state index in [2.05, 4.69) is 5.32 Å². The number of rotatable bonds is 7. The Bertz CT molecular complexity index is 948. The number of carbonyl (C=O) groups is 3. The van der Waals surface area contributed by atoms with Gasteiger partial charge in [-0.1, -0.05) is 42.0 Å². The van der Waals surface area contributed by atoms with Gasteiger partial charge < -0.3 is 10.2 Å². The quantitative estimate of drug-likeness (QED) is 0.684. The lowest BCUT2D eigenvalue weighted by Gasteiger charge is -2.31. The Hall–Kier alpha value is -3.02. The molecule has 0 aromatic heterocycles. The van der Waals surface area contributed by atoms with Crippen LogP contribution >= 0.6 is 0 Å². The maximum atomic E-state index is 13.6. The first kappa shape index (κ1) is 22.7. The molecule has 0 saturated carbocycles. The number of likely N-dealkylation sites (tertiary alicyclic amines) is 1. The smallest absolute Gasteiger partial charge is 0.223 e. The highest BCUT2D eigenvalue weighted by Crippen LogP contribution is 2.19. The van der Waals surface area contributed by atoms with Crippen LogP contribution in [0.5, 0.6) is 0 Å². The highest BCUT2D eigenvalue weighted by molar-refractivity contribution is 5.98. The Balaban J connectivity index is 1.40. The first-order valence-corrected chi connectivity index (χ1v) is 10.7. The van der Waals surface area contributed by atoms with Crippen LogP contribution in [0.2, 0.25) is 0 Å². The molecule has 1 heterocycles. The zero-order valence-corrected chi connectivity index (χ0v) is 18.1. The number of amides is 2. The molecule has 3 rings (SSSR count). The summed E-state index contributed by atoms with van der Waals surface area (Å²) in [4.78, 5) is 38.9. The normalized spacial score (nSPS) is 14.4. The van der Waals surface area contributed by atoms with E-state index < -0.39 is 0 Å². The molecule has 0 unspecified atom stereocenters. The third-order valence-electron chi connectivity index (χ3n) is 5.86. The fourth-order valence-corrected chi connectivity index (χ4v) is 3.73. The van der Waals surface area contributed by atoms with Gasteiger partial charge in [-0.15, -0.1) is 0 Å². The van der Waals surface area contributed by atoms with E-state index in [9.17, 15) is 18.8 Å². The molecule has 31 heavy (non-hydrogen) atoms. The van der Waals surface area contributed by atoms with Crippen molar-refractivity contribution in [3.05, 3.63) is 70.5 Å². The van der Waals surface area contributed by atoms with E-state index in [-0.39, 0.29) is 48.7 Å². The summed E-state index contributed by atoms with van der Waals surface area (Å²) in [6.07, 6.45) is 1.55. The molecular weight excluding hydrogens is 395 g/mol. The monoisotopic (exact) mass is 424 g/mol. The van der Waals surface area contributed by atoms with E-state index in [1.54, 1.807) is 36.1 Å². The second kappa shape index (κ2) is 10.3. The van der Waals surface area contributed by atoms with Gasteiger partial charge in [-0.05, 0) is 43.9 Å². The van der Waals surface area contributed by atoms with E-state index in [0.29, 0.717) is 37.1 Å². The molecule has 164 valence electrons. The van der Waals surface area contributed by atoms with Crippen molar-refractivity contribution in [2.45, 2.75) is 46.1 Å². The molecule has 2 aromatic rings. The van der Waals surface area contributed by atoms with Crippen molar-refractivity contribution >= 4 is 17.6 Å². The zero-order chi connectivity index (χ0) is 22.4. The summed E-state index contributed by atoms with van der Waals surface area (Å²) in [6.45, 7) is 4.97. The number of nitrogens with zero attached hydrogens (tertiary/aromatic N) is 1. The maximum Gasteiger partial charge on any atom is 0.223 e. The van der Waals surface area contributed by atoms with Gasteiger partial charge in [-0.25, -0.2) is 4.39 Å². The van der Waals surface area contributed by atoms with Gasteiger partial charge in [0.1, 0.15) is 5.82 Å². The summed E-state index contributed by atoms with van der Waals surface area (Å²) in [6, 6.07) is 12.3. The standard InChI is InChI=1S/C25H29FN2O3/c1-17-3-7-20(8-4-17)23(29)9-10-24(30)28-13-11-21(12-14-28)25(31)27-16-19-6-5-18(2)22(26)15-19/h3-8,15,21H,9-14,16H2,1-2H3,(H,27,31). The highest BCUT2D eigenvalue weighted by Gasteiger charge is 2.27. The van der Waals surface area contributed by atoms with Crippen LogP contribution in [0.3, 0.4) is 0 Å². The number of halogens is 1. The molecule has 2 amide bonds. The molecule has 2 aromatic carbocycles. The summed E-state index contributed by atoms with van der Waals surface area (Å²) in [5.74, 6) is -0.583. The second-order valence-electron chi connectivity index (χ2n) is 8.25. The molecule has 0 atom stereocenters. The van der Waals surface area contributed by atoms with E-state index in [1.165, 1.54) is 6.07 Å². The van der Waals surface area contributed by atoms with Crippen LogP contribution in [0.25, 0.3) is 0 Å². The van der Waals surface area contributed by atoms with E-state index in [0.717, 1.165) is 11.1 Å². The number of benzene rings is 2. The zero-order valence-electron chi connectivity index (χ0n) is 18.1. The van der Waals surface area contributed by atoms with E-state index in [4.69, 9.17) is 0 Å². The van der Waals surface area contributed by atoms with Crippen molar-refractivity contribution in [3.63, 3.8) is 0 Å². The predicted octanol–water partition coefficient (Wildman–Crippen LogP) is 3.96. The average Bonchev–Trinajstić information content (AvgIpc) is 2.78. The number of Topliss-reactive ketones (excluding diaryl/α,β-unsaturated/α-hetero) is 1. The van der Waals surface area contributed by atoms with Gasteiger partial charge >= 0.3 is 0 Å². The van der Waals surface area contributed by atoms with Crippen molar-refractivity contribution in [1.29, 1.82) is 0 Å². The summed E-state index contributed by atoms with van der Waals surface area (Å²) < 4.78 is 13.6. The van der Waals surface area contributed by atoms with Gasteiger partial charge in [0.2, 0.25) is 11.8 Å². The third-order valence-corrected chi connectivity index (χ3v) is 5.86. The number of ketones is 1. The van der Waals surface area contributed by atoms with Crippen molar-refractivity contribution in [3.8, 4) is 0 Å². The molecule has 1 fully saturated rings. The van der Waals surface area contributed by atoms with Crippen LogP contribution in [0.1, 0.15) is 52.7 Å². The van der Waals surface area contributed by atoms with E-state index >= 15 is 0 Å². The molecule has 0 radical (unpaired) electrons. The minimum atomic E-state index is -0.278. The van der Waals surface area contributed by atoms with Gasteiger partial charge in [0.15, 0.2) is 5.78 Å². The molecule has 5 nitrogen and oxygen atoms in total. The van der Waals surface area contributed by atoms with Gasteiger partial charge in [0, 0.05) is 44.0 Å². The van der Waals surface area contributed by atoms with Crippen molar-refractivity contribution < 1.29 is 18.8 Å². The van der Waals surface area contributed by atoms with Gasteiger partial charge in [0.05, 0.1) is 0 Å². The Labute approximate surface area is 182 Å². The van der Waals surface area contributed by atoms with Crippen LogP contribution in [0.15, 0.2) is 42.5 Å². The van der Waals surface area contributed by atoms with Crippen LogP contribution in [0.4, 0.5) is 4.39 Å². The van der Waals surface area contributed by atoms with Crippen molar-refractivity contribution in [2.24, 2.45) is 5.92 Å². The first-order chi connectivity index (χ1) is 14.8. The average molecular weight is 425 g/mol. The van der Waals surface area contributed by atoms with Gasteiger partial charge in [0.25, 0.3) is 0 Å². The summed E-state index contributed by atoms with van der Waals surface area (Å²) in [5, 5.41) is 2.87. The Morgan fingerprint density at radius 2 is 1.68 bits per heavy atom. The van der Waals surface area contributed by atoms with Crippen LogP contribution in [-0.2, 0) is 16.1 Å². The molecule has 0 spiro atoms. The maximum absolute atomic E-state index is 13.6. The number of hydrogen-bond acceptors (Lipinski definition) is 3. The fraction of sp³-hybridized carbons (Fsp3) is 0.400.